The van der Waals surface area contributed by atoms with E-state index in [1.54, 1.807) is 13.0 Å². The summed E-state index contributed by atoms with van der Waals surface area (Å²) in [6, 6.07) is 5.40. The number of rotatable bonds is 4. The highest BCUT2D eigenvalue weighted by molar-refractivity contribution is 5.79. The fourth-order valence-corrected chi connectivity index (χ4v) is 2.28. The molecule has 0 unspecified atom stereocenters. The van der Waals surface area contributed by atoms with Crippen LogP contribution in [0.2, 0.25) is 0 Å². The second-order valence-electron chi connectivity index (χ2n) is 5.88. The van der Waals surface area contributed by atoms with E-state index in [1.165, 1.54) is 0 Å². The number of carbonyl (C=O) groups is 1. The minimum atomic E-state index is -5.03. The van der Waals surface area contributed by atoms with Crippen molar-refractivity contribution < 1.29 is 27.8 Å². The first-order chi connectivity index (χ1) is 11.1. The minimum Gasteiger partial charge on any atom is -0.483 e. The fraction of sp³-hybridized carbons (Fsp3) is 0.438. The van der Waals surface area contributed by atoms with E-state index in [2.05, 4.69) is 5.43 Å². The zero-order valence-corrected chi connectivity index (χ0v) is 13.5. The van der Waals surface area contributed by atoms with E-state index in [-0.39, 0.29) is 5.01 Å². The third-order valence-electron chi connectivity index (χ3n) is 3.74. The number of aliphatic hydroxyl groups is 1. The molecule has 0 fully saturated rings. The first kappa shape index (κ1) is 18.1. The molecule has 24 heavy (non-hydrogen) atoms. The first-order valence-corrected chi connectivity index (χ1v) is 7.35. The zero-order chi connectivity index (χ0) is 18.1. The van der Waals surface area contributed by atoms with Crippen LogP contribution in [0.1, 0.15) is 30.9 Å². The molecule has 1 aliphatic rings. The van der Waals surface area contributed by atoms with E-state index < -0.39 is 24.4 Å². The molecular formula is C16H19F3N2O3. The number of nitrogens with one attached hydrogen (secondary N) is 1. The van der Waals surface area contributed by atoms with E-state index in [0.717, 1.165) is 17.3 Å². The van der Waals surface area contributed by atoms with Gasteiger partial charge in [0.25, 0.3) is 11.6 Å². The van der Waals surface area contributed by atoms with Crippen molar-refractivity contribution in [3.05, 3.63) is 41.6 Å². The summed E-state index contributed by atoms with van der Waals surface area (Å²) in [6.45, 7) is 5.20. The Bertz CT molecular complexity index is 658. The molecule has 2 rings (SSSR count). The number of alkyl halides is 3. The van der Waals surface area contributed by atoms with Crippen molar-refractivity contribution in [2.45, 2.75) is 38.6 Å². The largest absolute Gasteiger partial charge is 0.483 e. The number of hydrazine groups is 1. The number of halogens is 3. The van der Waals surface area contributed by atoms with Gasteiger partial charge in [0.1, 0.15) is 5.75 Å². The molecule has 8 heteroatoms. The highest BCUT2D eigenvalue weighted by atomic mass is 19.4. The summed E-state index contributed by atoms with van der Waals surface area (Å²) in [5.41, 5.74) is 0.554. The lowest BCUT2D eigenvalue weighted by Crippen LogP contribution is -2.61. The molecule has 2 N–H and O–H groups in total. The molecule has 132 valence electrons. The topological polar surface area (TPSA) is 61.8 Å². The van der Waals surface area contributed by atoms with Gasteiger partial charge in [-0.1, -0.05) is 26.0 Å². The monoisotopic (exact) mass is 344 g/mol. The molecule has 1 amide bonds. The van der Waals surface area contributed by atoms with Gasteiger partial charge in [0.15, 0.2) is 6.61 Å². The number of carbonyl (C=O) groups excluding carboxylic acids is 1. The molecule has 0 saturated heterocycles. The van der Waals surface area contributed by atoms with Crippen LogP contribution in [0.25, 0.3) is 0 Å². The maximum Gasteiger partial charge on any atom is 0.442 e. The maximum atomic E-state index is 12.9. The Morgan fingerprint density at radius 3 is 2.62 bits per heavy atom. The summed E-state index contributed by atoms with van der Waals surface area (Å²) in [7, 11) is 0. The van der Waals surface area contributed by atoms with E-state index in [9.17, 15) is 23.1 Å². The molecule has 1 atom stereocenters. The summed E-state index contributed by atoms with van der Waals surface area (Å²) < 4.78 is 44.1. The highest BCUT2D eigenvalue weighted by Crippen LogP contribution is 2.36. The standard InChI is InChI=1S/C16H19F3N2O3/c1-10(2)12-4-5-13(11(3)8-12)24-9-14(22)21-15(23,6-7-20-21)16(17,18)19/h4-8,10,20,23H,9H2,1-3H3/t15-/m0/s1. The van der Waals surface area contributed by atoms with Gasteiger partial charge in [-0.15, -0.1) is 0 Å². The summed E-state index contributed by atoms with van der Waals surface area (Å²) in [5, 5.41) is 9.78. The van der Waals surface area contributed by atoms with Crippen LogP contribution in [0.15, 0.2) is 30.5 Å². The highest BCUT2D eigenvalue weighted by Gasteiger charge is 2.60. The Morgan fingerprint density at radius 1 is 1.42 bits per heavy atom. The quantitative estimate of drug-likeness (QED) is 0.881. The predicted octanol–water partition coefficient (Wildman–Crippen LogP) is 2.61. The van der Waals surface area contributed by atoms with Crippen LogP contribution in [-0.2, 0) is 4.79 Å². The number of benzene rings is 1. The average molecular weight is 344 g/mol. The Hall–Kier alpha value is -2.22. The smallest absolute Gasteiger partial charge is 0.442 e. The van der Waals surface area contributed by atoms with Gasteiger partial charge in [-0.2, -0.15) is 13.2 Å². The second-order valence-corrected chi connectivity index (χ2v) is 5.88. The van der Waals surface area contributed by atoms with Crippen molar-refractivity contribution in [1.82, 2.24) is 10.4 Å². The first-order valence-electron chi connectivity index (χ1n) is 7.35. The van der Waals surface area contributed by atoms with Gasteiger partial charge >= 0.3 is 6.18 Å². The molecule has 1 aromatic carbocycles. The molecule has 0 aliphatic carbocycles. The normalized spacial score (nSPS) is 20.4. The SMILES string of the molecule is Cc1cc(C(C)C)ccc1OCC(=O)N1NC=C[C@]1(O)C(F)(F)F. The van der Waals surface area contributed by atoms with E-state index in [1.807, 2.05) is 26.0 Å². The number of amides is 1. The second kappa shape index (κ2) is 6.35. The van der Waals surface area contributed by atoms with Gasteiger partial charge in [0.2, 0.25) is 0 Å². The summed E-state index contributed by atoms with van der Waals surface area (Å²) >= 11 is 0. The molecule has 0 aromatic heterocycles. The van der Waals surface area contributed by atoms with Gasteiger partial charge in [-0.25, -0.2) is 5.01 Å². The molecule has 0 bridgehead atoms. The predicted molar refractivity (Wildman–Crippen MR) is 80.9 cm³/mol. The van der Waals surface area contributed by atoms with Crippen molar-refractivity contribution in [2.24, 2.45) is 0 Å². The van der Waals surface area contributed by atoms with Crippen LogP contribution >= 0.6 is 0 Å². The number of ether oxygens (including phenoxy) is 1. The maximum absolute atomic E-state index is 12.9. The molecule has 1 aliphatic heterocycles. The molecule has 0 saturated carbocycles. The fourth-order valence-electron chi connectivity index (χ4n) is 2.28. The van der Waals surface area contributed by atoms with Gasteiger partial charge < -0.3 is 15.3 Å². The Morgan fingerprint density at radius 2 is 2.08 bits per heavy atom. The Balaban J connectivity index is 2.06. The van der Waals surface area contributed by atoms with Crippen molar-refractivity contribution in [1.29, 1.82) is 0 Å². The van der Waals surface area contributed by atoms with Crippen LogP contribution in [0.5, 0.6) is 5.75 Å². The Labute approximate surface area is 137 Å². The third-order valence-corrected chi connectivity index (χ3v) is 3.74. The van der Waals surface area contributed by atoms with Crippen molar-refractivity contribution in [3.8, 4) is 5.75 Å². The van der Waals surface area contributed by atoms with Crippen LogP contribution < -0.4 is 10.2 Å². The van der Waals surface area contributed by atoms with Gasteiger partial charge in [-0.3, -0.25) is 4.79 Å². The lowest BCUT2D eigenvalue weighted by atomic mass is 10.0. The van der Waals surface area contributed by atoms with Crippen LogP contribution in [-0.4, -0.2) is 34.5 Å². The van der Waals surface area contributed by atoms with Crippen molar-refractivity contribution in [2.75, 3.05) is 6.61 Å². The van der Waals surface area contributed by atoms with Crippen molar-refractivity contribution >= 4 is 5.91 Å². The number of hydrogen-bond donors (Lipinski definition) is 2. The molecule has 0 radical (unpaired) electrons. The summed E-state index contributed by atoms with van der Waals surface area (Å²) in [5.74, 6) is -0.330. The van der Waals surface area contributed by atoms with Crippen LogP contribution in [0, 0.1) is 6.92 Å². The molecular weight excluding hydrogens is 325 g/mol. The zero-order valence-electron chi connectivity index (χ0n) is 13.5. The average Bonchev–Trinajstić information content (AvgIpc) is 2.88. The number of hydrogen-bond acceptors (Lipinski definition) is 4. The summed E-state index contributed by atoms with van der Waals surface area (Å²) in [6.07, 6.45) is -3.71. The van der Waals surface area contributed by atoms with Gasteiger partial charge in [-0.05, 0) is 36.1 Å². The van der Waals surface area contributed by atoms with E-state index in [0.29, 0.717) is 17.7 Å². The van der Waals surface area contributed by atoms with E-state index in [4.69, 9.17) is 4.74 Å². The molecule has 1 aromatic rings. The Kier molecular flexibility index (Phi) is 4.80. The van der Waals surface area contributed by atoms with Crippen LogP contribution in [0.4, 0.5) is 13.2 Å². The van der Waals surface area contributed by atoms with Crippen LogP contribution in [0.3, 0.4) is 0 Å². The lowest BCUT2D eigenvalue weighted by molar-refractivity contribution is -0.289. The number of nitrogens with zero attached hydrogens (tertiary/aromatic N) is 1. The van der Waals surface area contributed by atoms with Gasteiger partial charge in [0, 0.05) is 6.20 Å². The third kappa shape index (κ3) is 3.33. The van der Waals surface area contributed by atoms with Crippen molar-refractivity contribution in [3.63, 3.8) is 0 Å². The molecule has 1 heterocycles. The van der Waals surface area contributed by atoms with Gasteiger partial charge in [0.05, 0.1) is 0 Å². The summed E-state index contributed by atoms with van der Waals surface area (Å²) in [4.78, 5) is 12.0. The minimum absolute atomic E-state index is 0.102. The van der Waals surface area contributed by atoms with E-state index >= 15 is 0 Å². The molecule has 0 spiro atoms. The number of aryl methyl sites for hydroxylation is 1. The molecule has 5 nitrogen and oxygen atoms in total. The lowest BCUT2D eigenvalue weighted by Gasteiger charge is -2.33.